The molecular weight excluding hydrogens is 266 g/mol. The Morgan fingerprint density at radius 3 is 2.57 bits per heavy atom. The van der Waals surface area contributed by atoms with E-state index >= 15 is 0 Å². The van der Waals surface area contributed by atoms with Crippen LogP contribution in [0.25, 0.3) is 5.69 Å². The average Bonchev–Trinajstić information content (AvgIpc) is 3.13. The monoisotopic (exact) mass is 281 g/mol. The Kier molecular flexibility index (Phi) is 3.27. The molecule has 0 aliphatic heterocycles. The predicted octanol–water partition coefficient (Wildman–Crippen LogP) is 2.46. The van der Waals surface area contributed by atoms with Gasteiger partial charge in [0.2, 0.25) is 0 Å². The van der Waals surface area contributed by atoms with Crippen molar-refractivity contribution in [3.05, 3.63) is 59.7 Å². The summed E-state index contributed by atoms with van der Waals surface area (Å²) in [4.78, 5) is 12.2. The molecule has 0 aliphatic carbocycles. The number of benzene rings is 1. The predicted molar refractivity (Wildman–Crippen MR) is 79.6 cm³/mol. The van der Waals surface area contributed by atoms with Crippen LogP contribution in [0, 0.1) is 13.8 Å². The maximum atomic E-state index is 12.2. The van der Waals surface area contributed by atoms with Crippen LogP contribution >= 0.6 is 0 Å². The van der Waals surface area contributed by atoms with E-state index < -0.39 is 0 Å². The van der Waals surface area contributed by atoms with Crippen molar-refractivity contribution in [2.75, 3.05) is 5.32 Å². The highest BCUT2D eigenvalue weighted by Crippen LogP contribution is 2.17. The molecule has 0 saturated heterocycles. The van der Waals surface area contributed by atoms with Crippen molar-refractivity contribution in [1.29, 1.82) is 0 Å². The summed E-state index contributed by atoms with van der Waals surface area (Å²) >= 11 is 0. The number of nitrogens with one attached hydrogen (secondary N) is 2. The van der Waals surface area contributed by atoms with E-state index in [0.29, 0.717) is 5.56 Å². The molecule has 0 spiro atoms. The number of carbonyl (C=O) groups excluding carboxylic acids is 1. The molecule has 0 aliphatic rings. The van der Waals surface area contributed by atoms with Gasteiger partial charge in [0.1, 0.15) is 0 Å². The van der Waals surface area contributed by atoms with Gasteiger partial charge in [-0.25, -0.2) is 4.68 Å². The average molecular weight is 281 g/mol. The van der Waals surface area contributed by atoms with Crippen LogP contribution in [0.15, 0.2) is 42.7 Å². The van der Waals surface area contributed by atoms with E-state index in [1.165, 1.54) is 0 Å². The van der Waals surface area contributed by atoms with Crippen LogP contribution in [0.3, 0.4) is 0 Å². The molecule has 3 rings (SSSR count). The van der Waals surface area contributed by atoms with Crippen LogP contribution in [-0.2, 0) is 0 Å². The summed E-state index contributed by atoms with van der Waals surface area (Å²) in [5.74, 6) is -0.158. The van der Waals surface area contributed by atoms with Gasteiger partial charge in [0.25, 0.3) is 5.91 Å². The molecule has 3 aromatic rings. The number of anilines is 1. The SMILES string of the molecule is Cc1n[nH]c(C)c1NC(=O)c1ccc(-n2cccn2)cc1. The highest BCUT2D eigenvalue weighted by Gasteiger charge is 2.12. The van der Waals surface area contributed by atoms with Gasteiger partial charge in [-0.3, -0.25) is 9.89 Å². The van der Waals surface area contributed by atoms with Crippen LogP contribution in [-0.4, -0.2) is 25.9 Å². The lowest BCUT2D eigenvalue weighted by Gasteiger charge is -2.06. The zero-order valence-electron chi connectivity index (χ0n) is 11.8. The topological polar surface area (TPSA) is 75.6 Å². The molecule has 6 heteroatoms. The first-order valence-corrected chi connectivity index (χ1v) is 6.58. The van der Waals surface area contributed by atoms with Gasteiger partial charge >= 0.3 is 0 Å². The molecule has 21 heavy (non-hydrogen) atoms. The van der Waals surface area contributed by atoms with Crippen LogP contribution in [0.1, 0.15) is 21.7 Å². The zero-order valence-corrected chi connectivity index (χ0v) is 11.8. The maximum Gasteiger partial charge on any atom is 0.255 e. The lowest BCUT2D eigenvalue weighted by atomic mass is 10.2. The third-order valence-electron chi connectivity index (χ3n) is 3.27. The summed E-state index contributed by atoms with van der Waals surface area (Å²) in [6.07, 6.45) is 3.57. The van der Waals surface area contributed by atoms with Crippen LogP contribution < -0.4 is 5.32 Å². The summed E-state index contributed by atoms with van der Waals surface area (Å²) in [5.41, 5.74) is 3.84. The minimum Gasteiger partial charge on any atom is -0.319 e. The van der Waals surface area contributed by atoms with E-state index in [1.54, 1.807) is 23.0 Å². The van der Waals surface area contributed by atoms with Crippen molar-refractivity contribution in [3.8, 4) is 5.69 Å². The van der Waals surface area contributed by atoms with Crippen molar-refractivity contribution < 1.29 is 4.79 Å². The number of carbonyl (C=O) groups is 1. The minimum absolute atomic E-state index is 0.158. The van der Waals surface area contributed by atoms with Crippen molar-refractivity contribution in [2.45, 2.75) is 13.8 Å². The van der Waals surface area contributed by atoms with Gasteiger partial charge in [-0.15, -0.1) is 0 Å². The third-order valence-corrected chi connectivity index (χ3v) is 3.27. The highest BCUT2D eigenvalue weighted by molar-refractivity contribution is 6.04. The lowest BCUT2D eigenvalue weighted by molar-refractivity contribution is 0.102. The molecule has 1 amide bonds. The molecule has 0 atom stereocenters. The number of nitrogens with zero attached hydrogens (tertiary/aromatic N) is 3. The van der Waals surface area contributed by atoms with Gasteiger partial charge < -0.3 is 5.32 Å². The Labute approximate surface area is 121 Å². The summed E-state index contributed by atoms with van der Waals surface area (Å²) in [6, 6.07) is 9.12. The second-order valence-corrected chi connectivity index (χ2v) is 4.76. The van der Waals surface area contributed by atoms with Gasteiger partial charge in [-0.05, 0) is 44.2 Å². The number of rotatable bonds is 3. The van der Waals surface area contributed by atoms with Gasteiger partial charge in [0.05, 0.1) is 22.8 Å². The Bertz CT molecular complexity index is 736. The Morgan fingerprint density at radius 1 is 1.24 bits per heavy atom. The molecule has 2 aromatic heterocycles. The molecule has 0 radical (unpaired) electrons. The number of hydrogen-bond acceptors (Lipinski definition) is 3. The minimum atomic E-state index is -0.158. The number of hydrogen-bond donors (Lipinski definition) is 2. The fourth-order valence-electron chi connectivity index (χ4n) is 2.11. The molecule has 2 N–H and O–H groups in total. The number of aryl methyl sites for hydroxylation is 2. The second-order valence-electron chi connectivity index (χ2n) is 4.76. The van der Waals surface area contributed by atoms with Crippen LogP contribution in [0.2, 0.25) is 0 Å². The van der Waals surface area contributed by atoms with E-state index in [0.717, 1.165) is 22.8 Å². The summed E-state index contributed by atoms with van der Waals surface area (Å²) in [5, 5.41) is 13.9. The van der Waals surface area contributed by atoms with E-state index in [4.69, 9.17) is 0 Å². The van der Waals surface area contributed by atoms with Gasteiger partial charge in [-0.1, -0.05) is 0 Å². The molecule has 1 aromatic carbocycles. The summed E-state index contributed by atoms with van der Waals surface area (Å²) in [7, 11) is 0. The molecule has 0 unspecified atom stereocenters. The van der Waals surface area contributed by atoms with Crippen molar-refractivity contribution in [2.24, 2.45) is 0 Å². The Morgan fingerprint density at radius 2 is 2.00 bits per heavy atom. The first-order chi connectivity index (χ1) is 10.1. The molecule has 2 heterocycles. The van der Waals surface area contributed by atoms with Crippen molar-refractivity contribution in [1.82, 2.24) is 20.0 Å². The van der Waals surface area contributed by atoms with Crippen molar-refractivity contribution >= 4 is 11.6 Å². The number of aromatic nitrogens is 4. The third kappa shape index (κ3) is 2.55. The number of amides is 1. The first-order valence-electron chi connectivity index (χ1n) is 6.58. The van der Waals surface area contributed by atoms with Gasteiger partial charge in [0.15, 0.2) is 0 Å². The quantitative estimate of drug-likeness (QED) is 0.774. The van der Waals surface area contributed by atoms with E-state index in [2.05, 4.69) is 20.6 Å². The molecule has 0 fully saturated rings. The number of aromatic amines is 1. The van der Waals surface area contributed by atoms with Gasteiger partial charge in [0, 0.05) is 18.0 Å². The Hall–Kier alpha value is -2.89. The maximum absolute atomic E-state index is 12.2. The molecular formula is C15H15N5O. The normalized spacial score (nSPS) is 10.6. The second kappa shape index (κ2) is 5.24. The summed E-state index contributed by atoms with van der Waals surface area (Å²) in [6.45, 7) is 3.72. The first kappa shape index (κ1) is 13.1. The number of H-pyrrole nitrogens is 1. The highest BCUT2D eigenvalue weighted by atomic mass is 16.1. The fraction of sp³-hybridized carbons (Fsp3) is 0.133. The molecule has 0 bridgehead atoms. The smallest absolute Gasteiger partial charge is 0.255 e. The van der Waals surface area contributed by atoms with E-state index in [9.17, 15) is 4.79 Å². The fourth-order valence-corrected chi connectivity index (χ4v) is 2.11. The van der Waals surface area contributed by atoms with E-state index in [-0.39, 0.29) is 5.91 Å². The van der Waals surface area contributed by atoms with Crippen LogP contribution in [0.5, 0.6) is 0 Å². The molecule has 106 valence electrons. The molecule has 6 nitrogen and oxygen atoms in total. The zero-order chi connectivity index (χ0) is 14.8. The lowest BCUT2D eigenvalue weighted by Crippen LogP contribution is -2.13. The Balaban J connectivity index is 1.79. The molecule has 0 saturated carbocycles. The summed E-state index contributed by atoms with van der Waals surface area (Å²) < 4.78 is 1.74. The van der Waals surface area contributed by atoms with E-state index in [1.807, 2.05) is 38.2 Å². The largest absolute Gasteiger partial charge is 0.319 e. The van der Waals surface area contributed by atoms with Crippen LogP contribution in [0.4, 0.5) is 5.69 Å². The standard InChI is InChI=1S/C15H15N5O/c1-10-14(11(2)19-18-10)17-15(21)12-4-6-13(7-5-12)20-9-3-8-16-20/h3-9H,1-2H3,(H,17,21)(H,18,19). The van der Waals surface area contributed by atoms with Crippen molar-refractivity contribution in [3.63, 3.8) is 0 Å². The van der Waals surface area contributed by atoms with Gasteiger partial charge in [-0.2, -0.15) is 10.2 Å².